The molecular formula is C28H35N9O2. The van der Waals surface area contributed by atoms with Gasteiger partial charge in [0.05, 0.1) is 12.2 Å². The van der Waals surface area contributed by atoms with Gasteiger partial charge < -0.3 is 20.9 Å². The molecule has 0 saturated carbocycles. The number of nitrogens with one attached hydrogen (secondary N) is 1. The molecule has 0 unspecified atom stereocenters. The molecule has 1 fully saturated rings. The zero-order valence-electron chi connectivity index (χ0n) is 22.5. The molecule has 0 radical (unpaired) electrons. The number of pyridine rings is 1. The number of nitrogens with zero attached hydrogens (tertiary/aromatic N) is 7. The largest absolute Gasteiger partial charge is 0.366 e. The van der Waals surface area contributed by atoms with Crippen LogP contribution in [0, 0.1) is 0 Å². The maximum absolute atomic E-state index is 12.8. The normalized spacial score (nSPS) is 20.5. The van der Waals surface area contributed by atoms with E-state index in [-0.39, 0.29) is 5.91 Å². The maximum atomic E-state index is 12.8. The summed E-state index contributed by atoms with van der Waals surface area (Å²) in [5, 5.41) is 3.27. The maximum Gasteiger partial charge on any atom is 0.249 e. The van der Waals surface area contributed by atoms with Gasteiger partial charge in [0.2, 0.25) is 17.8 Å². The highest BCUT2D eigenvalue weighted by molar-refractivity contribution is 5.95. The lowest BCUT2D eigenvalue weighted by Crippen LogP contribution is -2.49. The predicted molar refractivity (Wildman–Crippen MR) is 151 cm³/mol. The van der Waals surface area contributed by atoms with Crippen molar-refractivity contribution in [3.8, 4) is 11.3 Å². The third-order valence-corrected chi connectivity index (χ3v) is 7.35. The van der Waals surface area contributed by atoms with Crippen LogP contribution in [0.3, 0.4) is 0 Å². The number of anilines is 3. The molecule has 0 spiro atoms. The second-order valence-electron chi connectivity index (χ2n) is 10.2. The Morgan fingerprint density at radius 1 is 0.897 bits per heavy atom. The zero-order chi connectivity index (χ0) is 27.4. The topological polar surface area (TPSA) is 124 Å². The summed E-state index contributed by atoms with van der Waals surface area (Å²) in [7, 11) is 3.88. The molecule has 5 aliphatic heterocycles. The molecular weight excluding hydrogens is 494 g/mol. The molecule has 2 aromatic heterocycles. The van der Waals surface area contributed by atoms with Gasteiger partial charge in [-0.2, -0.15) is 0 Å². The van der Waals surface area contributed by atoms with Gasteiger partial charge in [0, 0.05) is 89.1 Å². The summed E-state index contributed by atoms with van der Waals surface area (Å²) in [6.07, 6.45) is 4.36. The van der Waals surface area contributed by atoms with Crippen molar-refractivity contribution in [3.05, 3.63) is 59.9 Å². The molecule has 3 aromatic rings. The summed E-state index contributed by atoms with van der Waals surface area (Å²) in [5.41, 5.74) is 9.44. The van der Waals surface area contributed by atoms with E-state index in [4.69, 9.17) is 5.73 Å². The first-order valence-electron chi connectivity index (χ1n) is 13.2. The number of carbonyl (C=O) groups is 2. The smallest absolute Gasteiger partial charge is 0.249 e. The Morgan fingerprint density at radius 2 is 1.64 bits per heavy atom. The molecule has 1 saturated heterocycles. The van der Waals surface area contributed by atoms with E-state index in [1.54, 1.807) is 12.3 Å². The minimum atomic E-state index is -0.457. The van der Waals surface area contributed by atoms with E-state index in [0.29, 0.717) is 31.1 Å². The van der Waals surface area contributed by atoms with Crippen molar-refractivity contribution in [1.29, 1.82) is 0 Å². The number of aromatic nitrogens is 3. The number of likely N-dealkylation sites (N-methyl/N-ethyl adjacent to an activating group) is 1. The number of carbonyl (C=O) groups excluding carboxylic acids is 2. The highest BCUT2D eigenvalue weighted by Gasteiger charge is 2.22. The second-order valence-corrected chi connectivity index (χ2v) is 10.2. The van der Waals surface area contributed by atoms with Crippen LogP contribution < -0.4 is 16.0 Å². The number of amides is 2. The molecule has 3 N–H and O–H groups in total. The van der Waals surface area contributed by atoms with E-state index in [0.717, 1.165) is 67.5 Å². The number of hydrogen-bond donors (Lipinski definition) is 2. The first kappa shape index (κ1) is 26.5. The fourth-order valence-electron chi connectivity index (χ4n) is 4.96. The number of piperazine rings is 1. The van der Waals surface area contributed by atoms with Crippen LogP contribution >= 0.6 is 0 Å². The number of benzene rings is 1. The van der Waals surface area contributed by atoms with Crippen LogP contribution in [0.15, 0.2) is 48.8 Å². The Labute approximate surface area is 228 Å². The fraction of sp³-hybridized carbons (Fsp3) is 0.393. The van der Waals surface area contributed by atoms with Crippen LogP contribution in [-0.4, -0.2) is 101 Å². The van der Waals surface area contributed by atoms with Gasteiger partial charge >= 0.3 is 0 Å². The Kier molecular flexibility index (Phi) is 7.99. The van der Waals surface area contributed by atoms with E-state index in [2.05, 4.69) is 35.0 Å². The minimum absolute atomic E-state index is 0.129. The highest BCUT2D eigenvalue weighted by atomic mass is 16.2. The third-order valence-electron chi connectivity index (χ3n) is 7.35. The summed E-state index contributed by atoms with van der Waals surface area (Å²) in [5.74, 6) is 0.983. The lowest BCUT2D eigenvalue weighted by molar-refractivity contribution is -0.131. The van der Waals surface area contributed by atoms with E-state index < -0.39 is 5.91 Å². The van der Waals surface area contributed by atoms with Crippen LogP contribution in [0.5, 0.6) is 0 Å². The standard InChI is InChI=1S/C28H35N9O2/c1-34-10-3-11-35(2)26(38)19-37-14-12-36(13-15-37)18-21-16-22(5-6-23(21)27(29)39)32-28-30-9-8-24(33-28)20-4-7-25(34)31-17-20/h4-9,16-17H,3,10-15,18-19H2,1-2H3,(H2,29,39)(H,30,32,33). The van der Waals surface area contributed by atoms with Crippen LogP contribution in [0.25, 0.3) is 11.3 Å². The van der Waals surface area contributed by atoms with Gasteiger partial charge in [0.25, 0.3) is 0 Å². The lowest BCUT2D eigenvalue weighted by atomic mass is 10.0. The molecule has 39 heavy (non-hydrogen) atoms. The number of nitrogens with two attached hydrogens (primary N) is 1. The van der Waals surface area contributed by atoms with E-state index in [1.807, 2.05) is 55.5 Å². The molecule has 204 valence electrons. The van der Waals surface area contributed by atoms with Gasteiger partial charge in [-0.1, -0.05) is 0 Å². The second kappa shape index (κ2) is 11.7. The van der Waals surface area contributed by atoms with Crippen molar-refractivity contribution in [1.82, 2.24) is 29.7 Å². The quantitative estimate of drug-likeness (QED) is 0.486. The van der Waals surface area contributed by atoms with Gasteiger partial charge in [-0.25, -0.2) is 15.0 Å². The number of rotatable bonds is 1. The van der Waals surface area contributed by atoms with Crippen LogP contribution in [0.4, 0.5) is 17.5 Å². The van der Waals surface area contributed by atoms with Gasteiger partial charge in [-0.3, -0.25) is 19.4 Å². The van der Waals surface area contributed by atoms with Crippen molar-refractivity contribution >= 4 is 29.3 Å². The first-order chi connectivity index (χ1) is 18.9. The Morgan fingerprint density at radius 3 is 2.36 bits per heavy atom. The summed E-state index contributed by atoms with van der Waals surface area (Å²) in [6.45, 7) is 5.64. The van der Waals surface area contributed by atoms with Crippen molar-refractivity contribution in [2.75, 3.05) is 70.1 Å². The summed E-state index contributed by atoms with van der Waals surface area (Å²) >= 11 is 0. The number of hydrogen-bond acceptors (Lipinski definition) is 9. The average molecular weight is 530 g/mol. The first-order valence-corrected chi connectivity index (χ1v) is 13.2. The zero-order valence-corrected chi connectivity index (χ0v) is 22.5. The van der Waals surface area contributed by atoms with Gasteiger partial charge in [-0.05, 0) is 48.4 Å². The van der Waals surface area contributed by atoms with E-state index >= 15 is 0 Å². The van der Waals surface area contributed by atoms with Gasteiger partial charge in [0.1, 0.15) is 5.82 Å². The molecule has 5 aliphatic rings. The van der Waals surface area contributed by atoms with Crippen LogP contribution in [0.1, 0.15) is 22.3 Å². The number of primary amides is 1. The Bertz CT molecular complexity index is 1320. The van der Waals surface area contributed by atoms with Crippen molar-refractivity contribution in [2.24, 2.45) is 5.73 Å². The van der Waals surface area contributed by atoms with Gasteiger partial charge in [-0.15, -0.1) is 0 Å². The lowest BCUT2D eigenvalue weighted by Gasteiger charge is -2.35. The van der Waals surface area contributed by atoms with Crippen LogP contribution in [0.2, 0.25) is 0 Å². The Balaban J connectivity index is 1.44. The third kappa shape index (κ3) is 6.50. The van der Waals surface area contributed by atoms with Gasteiger partial charge in [0.15, 0.2) is 0 Å². The average Bonchev–Trinajstić information content (AvgIpc) is 2.93. The van der Waals surface area contributed by atoms with Crippen LogP contribution in [-0.2, 0) is 11.3 Å². The highest BCUT2D eigenvalue weighted by Crippen LogP contribution is 2.23. The molecule has 8 bridgehead atoms. The molecule has 0 aliphatic carbocycles. The van der Waals surface area contributed by atoms with Crippen molar-refractivity contribution < 1.29 is 9.59 Å². The molecule has 1 aromatic carbocycles. The SMILES string of the molecule is CN1CCCN(C)c2ccc(cn2)-c2ccnc(n2)Nc2ccc(C(N)=O)c(c2)CN2CCN(CC2)CC1=O. The minimum Gasteiger partial charge on any atom is -0.366 e. The summed E-state index contributed by atoms with van der Waals surface area (Å²) < 4.78 is 0. The molecule has 11 nitrogen and oxygen atoms in total. The van der Waals surface area contributed by atoms with Crippen molar-refractivity contribution in [3.63, 3.8) is 0 Å². The van der Waals surface area contributed by atoms with E-state index in [1.165, 1.54) is 0 Å². The monoisotopic (exact) mass is 529 g/mol. The fourth-order valence-corrected chi connectivity index (χ4v) is 4.96. The molecule has 11 heteroatoms. The summed E-state index contributed by atoms with van der Waals surface area (Å²) in [6, 6.07) is 11.3. The molecule has 2 amide bonds. The molecule has 0 atom stereocenters. The van der Waals surface area contributed by atoms with E-state index in [9.17, 15) is 9.59 Å². The summed E-state index contributed by atoms with van der Waals surface area (Å²) in [4.78, 5) is 47.1. The predicted octanol–water partition coefficient (Wildman–Crippen LogP) is 1.80. The molecule has 8 rings (SSSR count). The Hall–Kier alpha value is -4.09. The molecule has 7 heterocycles. The van der Waals surface area contributed by atoms with Crippen molar-refractivity contribution in [2.45, 2.75) is 13.0 Å².